The Hall–Kier alpha value is -1.49. The first-order chi connectivity index (χ1) is 7.33. The van der Waals surface area contributed by atoms with Gasteiger partial charge in [0, 0.05) is 12.0 Å². The normalized spacial score (nSPS) is 15.5. The van der Waals surface area contributed by atoms with Gasteiger partial charge in [-0.25, -0.2) is 19.6 Å². The van der Waals surface area contributed by atoms with E-state index in [4.69, 9.17) is 11.6 Å². The van der Waals surface area contributed by atoms with Gasteiger partial charge in [0.15, 0.2) is 11.6 Å². The Bertz CT molecular complexity index is 491. The maximum absolute atomic E-state index is 5.76. The summed E-state index contributed by atoms with van der Waals surface area (Å²) in [5, 5.41) is 4.75. The second-order valence-electron chi connectivity index (χ2n) is 3.52. The van der Waals surface area contributed by atoms with Crippen LogP contribution in [0.1, 0.15) is 24.6 Å². The SMILES string of the molecule is Clc1cc(-n2cnc(C3CC3)n2)ncn1. The van der Waals surface area contributed by atoms with E-state index >= 15 is 0 Å². The minimum absolute atomic E-state index is 0.406. The molecule has 0 radical (unpaired) electrons. The molecule has 0 saturated heterocycles. The van der Waals surface area contributed by atoms with Gasteiger partial charge in [-0.3, -0.25) is 0 Å². The van der Waals surface area contributed by atoms with E-state index in [2.05, 4.69) is 20.1 Å². The molecule has 0 amide bonds. The highest BCUT2D eigenvalue weighted by Crippen LogP contribution is 2.37. The van der Waals surface area contributed by atoms with Gasteiger partial charge >= 0.3 is 0 Å². The Morgan fingerprint density at radius 1 is 1.27 bits per heavy atom. The van der Waals surface area contributed by atoms with Crippen LogP contribution in [0.4, 0.5) is 0 Å². The van der Waals surface area contributed by atoms with Crippen LogP contribution in [-0.2, 0) is 0 Å². The molecule has 1 fully saturated rings. The standard InChI is InChI=1S/C9H8ClN5/c10-7-3-8(12-4-11-7)15-5-13-9(14-15)6-1-2-6/h3-6H,1-2H2. The third-order valence-corrected chi connectivity index (χ3v) is 2.51. The highest BCUT2D eigenvalue weighted by Gasteiger charge is 2.27. The topological polar surface area (TPSA) is 56.5 Å². The van der Waals surface area contributed by atoms with Crippen molar-refractivity contribution in [3.05, 3.63) is 29.7 Å². The average Bonchev–Trinajstić information content (AvgIpc) is 2.97. The number of hydrogen-bond acceptors (Lipinski definition) is 4. The number of rotatable bonds is 2. The third-order valence-electron chi connectivity index (χ3n) is 2.31. The maximum Gasteiger partial charge on any atom is 0.160 e. The molecule has 76 valence electrons. The van der Waals surface area contributed by atoms with Crippen LogP contribution in [0, 0.1) is 0 Å². The number of nitrogens with zero attached hydrogens (tertiary/aromatic N) is 5. The minimum Gasteiger partial charge on any atom is -0.224 e. The van der Waals surface area contributed by atoms with E-state index in [1.807, 2.05) is 0 Å². The first-order valence-electron chi connectivity index (χ1n) is 4.72. The van der Waals surface area contributed by atoms with Gasteiger partial charge in [-0.1, -0.05) is 11.6 Å². The lowest BCUT2D eigenvalue weighted by Crippen LogP contribution is -1.99. The zero-order valence-corrected chi connectivity index (χ0v) is 8.59. The molecule has 5 nitrogen and oxygen atoms in total. The second kappa shape index (κ2) is 3.27. The van der Waals surface area contributed by atoms with E-state index < -0.39 is 0 Å². The lowest BCUT2D eigenvalue weighted by Gasteiger charge is -1.97. The van der Waals surface area contributed by atoms with Crippen LogP contribution in [0.2, 0.25) is 5.15 Å². The van der Waals surface area contributed by atoms with Gasteiger partial charge in [-0.2, -0.15) is 0 Å². The van der Waals surface area contributed by atoms with Crippen molar-refractivity contribution in [1.29, 1.82) is 0 Å². The zero-order chi connectivity index (χ0) is 10.3. The summed E-state index contributed by atoms with van der Waals surface area (Å²) in [5.74, 6) is 2.09. The molecule has 6 heteroatoms. The van der Waals surface area contributed by atoms with Crippen LogP contribution in [0.25, 0.3) is 5.82 Å². The van der Waals surface area contributed by atoms with Gasteiger partial charge in [0.25, 0.3) is 0 Å². The van der Waals surface area contributed by atoms with Crippen molar-refractivity contribution in [1.82, 2.24) is 24.7 Å². The summed E-state index contributed by atoms with van der Waals surface area (Å²) in [7, 11) is 0. The summed E-state index contributed by atoms with van der Waals surface area (Å²) in [6, 6.07) is 1.66. The Morgan fingerprint density at radius 2 is 2.13 bits per heavy atom. The van der Waals surface area contributed by atoms with E-state index in [1.165, 1.54) is 19.2 Å². The van der Waals surface area contributed by atoms with Crippen molar-refractivity contribution in [3.8, 4) is 5.82 Å². The average molecular weight is 222 g/mol. The van der Waals surface area contributed by atoms with Gasteiger partial charge in [0.1, 0.15) is 17.8 Å². The van der Waals surface area contributed by atoms with Crippen LogP contribution in [0.3, 0.4) is 0 Å². The molecule has 0 aromatic carbocycles. The fraction of sp³-hybridized carbons (Fsp3) is 0.333. The quantitative estimate of drug-likeness (QED) is 0.723. The summed E-state index contributed by atoms with van der Waals surface area (Å²) < 4.78 is 1.63. The van der Waals surface area contributed by atoms with Crippen molar-refractivity contribution in [2.24, 2.45) is 0 Å². The van der Waals surface area contributed by atoms with Crippen LogP contribution in [0.5, 0.6) is 0 Å². The van der Waals surface area contributed by atoms with Crippen molar-refractivity contribution in [2.75, 3.05) is 0 Å². The van der Waals surface area contributed by atoms with Gasteiger partial charge in [-0.05, 0) is 12.8 Å². The highest BCUT2D eigenvalue weighted by molar-refractivity contribution is 6.29. The monoisotopic (exact) mass is 221 g/mol. The van der Waals surface area contributed by atoms with Crippen molar-refractivity contribution < 1.29 is 0 Å². The number of halogens is 1. The van der Waals surface area contributed by atoms with E-state index in [-0.39, 0.29) is 0 Å². The Kier molecular flexibility index (Phi) is 1.92. The Balaban J connectivity index is 1.97. The molecule has 0 atom stereocenters. The molecule has 2 heterocycles. The summed E-state index contributed by atoms with van der Waals surface area (Å²) in [6.45, 7) is 0. The molecule has 0 unspecified atom stereocenters. The molecule has 0 bridgehead atoms. The van der Waals surface area contributed by atoms with Crippen LogP contribution >= 0.6 is 11.6 Å². The molecule has 1 aliphatic rings. The molecular weight excluding hydrogens is 214 g/mol. The van der Waals surface area contributed by atoms with Gasteiger partial charge < -0.3 is 0 Å². The van der Waals surface area contributed by atoms with Crippen molar-refractivity contribution in [2.45, 2.75) is 18.8 Å². The third kappa shape index (κ3) is 1.70. The predicted octanol–water partition coefficient (Wildman–Crippen LogP) is 1.59. The van der Waals surface area contributed by atoms with E-state index in [0.717, 1.165) is 5.82 Å². The number of aromatic nitrogens is 5. The lowest BCUT2D eigenvalue weighted by atomic mass is 10.4. The predicted molar refractivity (Wildman–Crippen MR) is 53.9 cm³/mol. The zero-order valence-electron chi connectivity index (χ0n) is 7.84. The Labute approximate surface area is 91.1 Å². The molecular formula is C9H8ClN5. The van der Waals surface area contributed by atoms with Gasteiger partial charge in [0.2, 0.25) is 0 Å². The largest absolute Gasteiger partial charge is 0.224 e. The van der Waals surface area contributed by atoms with Crippen LogP contribution in [-0.4, -0.2) is 24.7 Å². The maximum atomic E-state index is 5.76. The molecule has 0 aliphatic heterocycles. The van der Waals surface area contributed by atoms with E-state index in [9.17, 15) is 0 Å². The van der Waals surface area contributed by atoms with Gasteiger partial charge in [-0.15, -0.1) is 5.10 Å². The van der Waals surface area contributed by atoms with Crippen molar-refractivity contribution in [3.63, 3.8) is 0 Å². The second-order valence-corrected chi connectivity index (χ2v) is 3.91. The first kappa shape index (κ1) is 8.79. The van der Waals surface area contributed by atoms with Crippen LogP contribution in [0.15, 0.2) is 18.7 Å². The molecule has 0 N–H and O–H groups in total. The van der Waals surface area contributed by atoms with Crippen LogP contribution < -0.4 is 0 Å². The summed E-state index contributed by atoms with van der Waals surface area (Å²) in [4.78, 5) is 12.1. The first-order valence-corrected chi connectivity index (χ1v) is 5.10. The summed E-state index contributed by atoms with van der Waals surface area (Å²) in [5.41, 5.74) is 0. The fourth-order valence-electron chi connectivity index (χ4n) is 1.36. The molecule has 3 rings (SSSR count). The summed E-state index contributed by atoms with van der Waals surface area (Å²) >= 11 is 5.76. The molecule has 1 saturated carbocycles. The molecule has 15 heavy (non-hydrogen) atoms. The summed E-state index contributed by atoms with van der Waals surface area (Å²) in [6.07, 6.45) is 5.45. The van der Waals surface area contributed by atoms with E-state index in [1.54, 1.807) is 17.1 Å². The molecule has 1 aliphatic carbocycles. The molecule has 0 spiro atoms. The molecule has 2 aromatic heterocycles. The smallest absolute Gasteiger partial charge is 0.160 e. The van der Waals surface area contributed by atoms with E-state index in [0.29, 0.717) is 16.9 Å². The minimum atomic E-state index is 0.406. The van der Waals surface area contributed by atoms with Gasteiger partial charge in [0.05, 0.1) is 0 Å². The number of hydrogen-bond donors (Lipinski definition) is 0. The molecule has 2 aromatic rings. The van der Waals surface area contributed by atoms with Crippen molar-refractivity contribution >= 4 is 11.6 Å². The Morgan fingerprint density at radius 3 is 2.87 bits per heavy atom. The lowest BCUT2D eigenvalue weighted by molar-refractivity contribution is 0.807. The fourth-order valence-corrected chi connectivity index (χ4v) is 1.51. The highest BCUT2D eigenvalue weighted by atomic mass is 35.5.